The number of nitrogens with zero attached hydrogens (tertiary/aromatic N) is 4. The number of pyridine rings is 1. The van der Waals surface area contributed by atoms with E-state index in [-0.39, 0.29) is 12.3 Å². The van der Waals surface area contributed by atoms with Gasteiger partial charge in [-0.05, 0) is 39.0 Å². The Morgan fingerprint density at radius 2 is 2.04 bits per heavy atom. The van der Waals surface area contributed by atoms with Gasteiger partial charge in [0.25, 0.3) is 5.91 Å². The summed E-state index contributed by atoms with van der Waals surface area (Å²) >= 11 is 0. The Kier molecular flexibility index (Phi) is 4.42. The molecule has 0 aromatic carbocycles. The molecule has 0 atom stereocenters. The zero-order valence-corrected chi connectivity index (χ0v) is 14.1. The van der Waals surface area contributed by atoms with Crippen molar-refractivity contribution in [3.05, 3.63) is 52.7 Å². The second-order valence-electron chi connectivity index (χ2n) is 5.62. The van der Waals surface area contributed by atoms with Gasteiger partial charge in [0, 0.05) is 23.0 Å². The summed E-state index contributed by atoms with van der Waals surface area (Å²) in [6.45, 7) is 5.69. The van der Waals surface area contributed by atoms with Gasteiger partial charge in [0.05, 0.1) is 5.56 Å². The van der Waals surface area contributed by atoms with Crippen molar-refractivity contribution in [3.8, 4) is 17.1 Å². The number of nitrogens with two attached hydrogens (primary N) is 1. The van der Waals surface area contributed by atoms with Crippen molar-refractivity contribution < 1.29 is 14.1 Å². The van der Waals surface area contributed by atoms with Gasteiger partial charge >= 0.3 is 0 Å². The predicted octanol–water partition coefficient (Wildman–Crippen LogP) is 2.13. The van der Waals surface area contributed by atoms with E-state index in [0.717, 1.165) is 16.8 Å². The SMILES string of the molecule is Cc1ccc(-c2noc(C)c2COc2nnc(C(N)=O)cc2C)cn1. The van der Waals surface area contributed by atoms with Crippen LogP contribution in [-0.2, 0) is 6.61 Å². The standard InChI is InChI=1S/C17H17N5O3/c1-9-6-14(16(18)23)20-21-17(9)24-8-13-11(3)25-22-15(13)12-5-4-10(2)19-7-12/h4-7H,8H2,1-3H3,(H2,18,23). The lowest BCUT2D eigenvalue weighted by molar-refractivity contribution is 0.0994. The van der Waals surface area contributed by atoms with Crippen molar-refractivity contribution in [2.24, 2.45) is 5.73 Å². The second-order valence-corrected chi connectivity index (χ2v) is 5.62. The molecule has 3 rings (SSSR count). The van der Waals surface area contributed by atoms with Gasteiger partial charge in [-0.2, -0.15) is 0 Å². The molecular weight excluding hydrogens is 322 g/mol. The van der Waals surface area contributed by atoms with Crippen molar-refractivity contribution >= 4 is 5.91 Å². The van der Waals surface area contributed by atoms with Crippen LogP contribution in [0.15, 0.2) is 28.9 Å². The molecule has 2 N–H and O–H groups in total. The number of rotatable bonds is 5. The number of carbonyl (C=O) groups excluding carboxylic acids is 1. The molecule has 0 bridgehead atoms. The topological polar surface area (TPSA) is 117 Å². The first-order chi connectivity index (χ1) is 12.0. The van der Waals surface area contributed by atoms with Crippen LogP contribution in [0.4, 0.5) is 0 Å². The molecule has 3 aromatic rings. The lowest BCUT2D eigenvalue weighted by atomic mass is 10.1. The van der Waals surface area contributed by atoms with Crippen molar-refractivity contribution in [1.29, 1.82) is 0 Å². The van der Waals surface area contributed by atoms with Crippen molar-refractivity contribution in [3.63, 3.8) is 0 Å². The van der Waals surface area contributed by atoms with Gasteiger partial charge in [-0.15, -0.1) is 10.2 Å². The summed E-state index contributed by atoms with van der Waals surface area (Å²) < 4.78 is 11.0. The average molecular weight is 339 g/mol. The molecule has 8 heteroatoms. The van der Waals surface area contributed by atoms with Crippen LogP contribution >= 0.6 is 0 Å². The maximum atomic E-state index is 11.1. The van der Waals surface area contributed by atoms with E-state index >= 15 is 0 Å². The van der Waals surface area contributed by atoms with E-state index in [2.05, 4.69) is 20.3 Å². The Labute approximate surface area is 144 Å². The van der Waals surface area contributed by atoms with Gasteiger partial charge in [-0.1, -0.05) is 5.16 Å². The Hall–Kier alpha value is -3.29. The number of amides is 1. The maximum absolute atomic E-state index is 11.1. The molecule has 0 saturated carbocycles. The molecule has 0 spiro atoms. The Balaban J connectivity index is 1.83. The van der Waals surface area contributed by atoms with Crippen LogP contribution in [0, 0.1) is 20.8 Å². The molecule has 1 amide bonds. The van der Waals surface area contributed by atoms with Crippen LogP contribution in [0.2, 0.25) is 0 Å². The molecule has 0 aliphatic carbocycles. The number of hydrogen-bond donors (Lipinski definition) is 1. The van der Waals surface area contributed by atoms with Crippen molar-refractivity contribution in [2.45, 2.75) is 27.4 Å². The van der Waals surface area contributed by atoms with Crippen LogP contribution in [-0.4, -0.2) is 26.2 Å². The highest BCUT2D eigenvalue weighted by molar-refractivity contribution is 5.90. The summed E-state index contributed by atoms with van der Waals surface area (Å²) in [5.41, 5.74) is 9.18. The number of carbonyl (C=O) groups is 1. The third-order valence-corrected chi connectivity index (χ3v) is 3.71. The normalized spacial score (nSPS) is 10.7. The quantitative estimate of drug-likeness (QED) is 0.756. The number of aromatic nitrogens is 4. The highest BCUT2D eigenvalue weighted by Gasteiger charge is 2.17. The van der Waals surface area contributed by atoms with E-state index in [1.54, 1.807) is 13.1 Å². The summed E-state index contributed by atoms with van der Waals surface area (Å²) in [6.07, 6.45) is 1.74. The molecule has 128 valence electrons. The maximum Gasteiger partial charge on any atom is 0.269 e. The third kappa shape index (κ3) is 3.47. The van der Waals surface area contributed by atoms with E-state index in [9.17, 15) is 4.79 Å². The summed E-state index contributed by atoms with van der Waals surface area (Å²) in [7, 11) is 0. The largest absolute Gasteiger partial charge is 0.471 e. The first kappa shape index (κ1) is 16.6. The van der Waals surface area contributed by atoms with Crippen LogP contribution in [0.1, 0.15) is 33.1 Å². The summed E-state index contributed by atoms with van der Waals surface area (Å²) in [6, 6.07) is 5.37. The number of primary amides is 1. The fraction of sp³-hybridized carbons (Fsp3) is 0.235. The molecule has 25 heavy (non-hydrogen) atoms. The van der Waals surface area contributed by atoms with Gasteiger partial charge in [0.2, 0.25) is 5.88 Å². The molecule has 0 aliphatic rings. The van der Waals surface area contributed by atoms with Crippen LogP contribution in [0.3, 0.4) is 0 Å². The Bertz CT molecular complexity index is 919. The van der Waals surface area contributed by atoms with Gasteiger partial charge in [0.15, 0.2) is 5.69 Å². The molecule has 0 unspecified atom stereocenters. The minimum Gasteiger partial charge on any atom is -0.471 e. The molecule has 0 radical (unpaired) electrons. The minimum absolute atomic E-state index is 0.0948. The van der Waals surface area contributed by atoms with E-state index in [1.807, 2.05) is 26.0 Å². The highest BCUT2D eigenvalue weighted by atomic mass is 16.5. The van der Waals surface area contributed by atoms with Crippen molar-refractivity contribution in [1.82, 2.24) is 20.3 Å². The van der Waals surface area contributed by atoms with Gasteiger partial charge in [-0.25, -0.2) is 0 Å². The number of aryl methyl sites for hydroxylation is 3. The van der Waals surface area contributed by atoms with E-state index in [0.29, 0.717) is 22.9 Å². The predicted molar refractivity (Wildman–Crippen MR) is 88.8 cm³/mol. The van der Waals surface area contributed by atoms with Crippen LogP contribution < -0.4 is 10.5 Å². The molecule has 3 heterocycles. The molecule has 0 fully saturated rings. The van der Waals surface area contributed by atoms with Gasteiger partial charge in [-0.3, -0.25) is 9.78 Å². The van der Waals surface area contributed by atoms with Crippen LogP contribution in [0.25, 0.3) is 11.3 Å². The van der Waals surface area contributed by atoms with E-state index < -0.39 is 5.91 Å². The molecular formula is C17H17N5O3. The number of ether oxygens (including phenoxy) is 1. The lowest BCUT2D eigenvalue weighted by Crippen LogP contribution is -2.14. The second kappa shape index (κ2) is 6.68. The first-order valence-electron chi connectivity index (χ1n) is 7.61. The summed E-state index contributed by atoms with van der Waals surface area (Å²) in [5, 5.41) is 11.8. The van der Waals surface area contributed by atoms with Crippen molar-refractivity contribution in [2.75, 3.05) is 0 Å². The van der Waals surface area contributed by atoms with E-state index in [4.69, 9.17) is 15.0 Å². The zero-order chi connectivity index (χ0) is 18.0. The summed E-state index contributed by atoms with van der Waals surface area (Å²) in [5.74, 6) is 0.333. The first-order valence-corrected chi connectivity index (χ1v) is 7.61. The van der Waals surface area contributed by atoms with Gasteiger partial charge in [0.1, 0.15) is 18.1 Å². The molecule has 3 aromatic heterocycles. The minimum atomic E-state index is -0.633. The smallest absolute Gasteiger partial charge is 0.269 e. The fourth-order valence-corrected chi connectivity index (χ4v) is 2.27. The van der Waals surface area contributed by atoms with E-state index in [1.165, 1.54) is 6.07 Å². The van der Waals surface area contributed by atoms with Crippen LogP contribution in [0.5, 0.6) is 5.88 Å². The fourth-order valence-electron chi connectivity index (χ4n) is 2.27. The highest BCUT2D eigenvalue weighted by Crippen LogP contribution is 2.26. The third-order valence-electron chi connectivity index (χ3n) is 3.71. The average Bonchev–Trinajstić information content (AvgIpc) is 2.95. The Morgan fingerprint density at radius 3 is 2.68 bits per heavy atom. The number of hydrogen-bond acceptors (Lipinski definition) is 7. The monoisotopic (exact) mass is 339 g/mol. The zero-order valence-electron chi connectivity index (χ0n) is 14.1. The molecule has 0 saturated heterocycles. The lowest BCUT2D eigenvalue weighted by Gasteiger charge is -2.08. The van der Waals surface area contributed by atoms with Gasteiger partial charge < -0.3 is 15.0 Å². The Morgan fingerprint density at radius 1 is 1.24 bits per heavy atom. The summed E-state index contributed by atoms with van der Waals surface area (Å²) in [4.78, 5) is 15.4. The molecule has 0 aliphatic heterocycles. The molecule has 8 nitrogen and oxygen atoms in total.